The lowest BCUT2D eigenvalue weighted by Gasteiger charge is -2.26. The summed E-state index contributed by atoms with van der Waals surface area (Å²) in [4.78, 5) is 2.32. The van der Waals surface area contributed by atoms with Crippen molar-refractivity contribution in [1.29, 1.82) is 0 Å². The summed E-state index contributed by atoms with van der Waals surface area (Å²) < 4.78 is 13.1. The monoisotopic (exact) mass is 729 g/mol. The highest BCUT2D eigenvalue weighted by atomic mass is 16.3. The van der Waals surface area contributed by atoms with Crippen LogP contribution in [0.15, 0.2) is 221 Å². The summed E-state index contributed by atoms with van der Waals surface area (Å²) in [7, 11) is 0. The minimum atomic E-state index is 0.867. The van der Waals surface area contributed by atoms with Crippen LogP contribution in [0.1, 0.15) is 0 Å². The normalized spacial score (nSPS) is 11.5. The average molecular weight is 730 g/mol. The molecule has 0 saturated carbocycles. The third kappa shape index (κ3) is 5.68. The van der Waals surface area contributed by atoms with Crippen LogP contribution in [0, 0.1) is 0 Å². The van der Waals surface area contributed by atoms with E-state index in [1.54, 1.807) is 0 Å². The Bertz CT molecular complexity index is 3110. The number of para-hydroxylation sites is 2. The van der Waals surface area contributed by atoms with E-state index in [0.29, 0.717) is 0 Å². The van der Waals surface area contributed by atoms with Crippen LogP contribution < -0.4 is 4.90 Å². The minimum Gasteiger partial charge on any atom is -0.456 e. The Labute approximate surface area is 330 Å². The van der Waals surface area contributed by atoms with E-state index in [4.69, 9.17) is 8.83 Å². The first kappa shape index (κ1) is 32.8. The first-order valence-electron chi connectivity index (χ1n) is 19.3. The molecule has 268 valence electrons. The van der Waals surface area contributed by atoms with Crippen molar-refractivity contribution in [3.63, 3.8) is 0 Å². The molecule has 0 radical (unpaired) electrons. The Morgan fingerprint density at radius 3 is 1.26 bits per heavy atom. The predicted octanol–water partition coefficient (Wildman–Crippen LogP) is 15.6. The van der Waals surface area contributed by atoms with Crippen LogP contribution in [0.25, 0.3) is 88.4 Å². The van der Waals surface area contributed by atoms with E-state index in [2.05, 4.69) is 199 Å². The van der Waals surface area contributed by atoms with Gasteiger partial charge in [0.05, 0.1) is 0 Å². The van der Waals surface area contributed by atoms with Gasteiger partial charge in [0, 0.05) is 44.2 Å². The highest BCUT2D eigenvalue weighted by Gasteiger charge is 2.21. The molecule has 2 heterocycles. The van der Waals surface area contributed by atoms with Crippen LogP contribution in [-0.2, 0) is 0 Å². The van der Waals surface area contributed by atoms with Crippen LogP contribution in [-0.4, -0.2) is 0 Å². The van der Waals surface area contributed by atoms with Crippen LogP contribution in [0.4, 0.5) is 17.1 Å². The maximum atomic E-state index is 6.76. The molecule has 0 unspecified atom stereocenters. The van der Waals surface area contributed by atoms with E-state index in [9.17, 15) is 0 Å². The SMILES string of the molecule is c1ccc(-c2ccc(N(c3ccc(-c4ccccc4)cc3)c3ccc(-c4ccc(-c5cccc6oc7ccccc7c56)c5c4oc4ccccc45)cc3)cc2)cc1. The van der Waals surface area contributed by atoms with Gasteiger partial charge in [0.15, 0.2) is 0 Å². The van der Waals surface area contributed by atoms with Crippen LogP contribution in [0.3, 0.4) is 0 Å². The van der Waals surface area contributed by atoms with Crippen LogP contribution >= 0.6 is 0 Å². The van der Waals surface area contributed by atoms with Gasteiger partial charge in [-0.25, -0.2) is 0 Å². The first-order valence-corrected chi connectivity index (χ1v) is 19.3. The molecule has 2 aromatic heterocycles. The number of hydrogen-bond acceptors (Lipinski definition) is 3. The van der Waals surface area contributed by atoms with E-state index in [0.717, 1.165) is 83.2 Å². The fourth-order valence-corrected chi connectivity index (χ4v) is 8.38. The largest absolute Gasteiger partial charge is 0.456 e. The number of fused-ring (bicyclic) bond motifs is 6. The number of anilines is 3. The molecule has 0 aliphatic carbocycles. The fraction of sp³-hybridized carbons (Fsp3) is 0. The second-order valence-corrected chi connectivity index (χ2v) is 14.4. The van der Waals surface area contributed by atoms with Crippen molar-refractivity contribution in [3.05, 3.63) is 212 Å². The van der Waals surface area contributed by atoms with Gasteiger partial charge >= 0.3 is 0 Å². The number of nitrogens with zero attached hydrogens (tertiary/aromatic N) is 1. The molecule has 3 heteroatoms. The Morgan fingerprint density at radius 2 is 0.684 bits per heavy atom. The van der Waals surface area contributed by atoms with Crippen molar-refractivity contribution in [2.75, 3.05) is 4.90 Å². The van der Waals surface area contributed by atoms with Gasteiger partial charge < -0.3 is 13.7 Å². The Kier molecular flexibility index (Phi) is 7.82. The zero-order chi connectivity index (χ0) is 37.7. The molecule has 9 aromatic carbocycles. The molecular formula is C54H35NO2. The third-order valence-corrected chi connectivity index (χ3v) is 11.1. The summed E-state index contributed by atoms with van der Waals surface area (Å²) in [6.07, 6.45) is 0. The number of rotatable bonds is 7. The molecular weight excluding hydrogens is 695 g/mol. The van der Waals surface area contributed by atoms with Gasteiger partial charge in [-0.1, -0.05) is 152 Å². The second-order valence-electron chi connectivity index (χ2n) is 14.4. The molecule has 0 bridgehead atoms. The third-order valence-electron chi connectivity index (χ3n) is 11.1. The molecule has 0 amide bonds. The molecule has 0 fully saturated rings. The highest BCUT2D eigenvalue weighted by molar-refractivity contribution is 6.21. The van der Waals surface area contributed by atoms with E-state index in [-0.39, 0.29) is 0 Å². The lowest BCUT2D eigenvalue weighted by molar-refractivity contribution is 0.668. The predicted molar refractivity (Wildman–Crippen MR) is 237 cm³/mol. The zero-order valence-electron chi connectivity index (χ0n) is 31.0. The van der Waals surface area contributed by atoms with Crippen LogP contribution in [0.2, 0.25) is 0 Å². The van der Waals surface area contributed by atoms with Crippen molar-refractivity contribution < 1.29 is 8.83 Å². The number of benzene rings is 9. The molecule has 0 saturated heterocycles. The highest BCUT2D eigenvalue weighted by Crippen LogP contribution is 2.46. The van der Waals surface area contributed by atoms with E-state index in [1.807, 2.05) is 18.2 Å². The summed E-state index contributed by atoms with van der Waals surface area (Å²) in [5, 5.41) is 4.42. The number of hydrogen-bond donors (Lipinski definition) is 0. The molecule has 0 spiro atoms. The van der Waals surface area contributed by atoms with Crippen LogP contribution in [0.5, 0.6) is 0 Å². The van der Waals surface area contributed by atoms with Crippen molar-refractivity contribution in [1.82, 2.24) is 0 Å². The van der Waals surface area contributed by atoms with E-state index in [1.165, 1.54) is 22.3 Å². The standard InChI is InChI=1S/C54H35NO2/c1-3-12-36(13-4-1)38-22-28-41(29-23-38)55(42-30-24-39(25-31-42)37-14-5-2-6-15-37)43-32-26-40(27-33-43)44-34-35-46(53-48-17-8-10-20-50(48)57-54(44)53)45-18-11-21-51-52(45)47-16-7-9-19-49(47)56-51/h1-35H. The van der Waals surface area contributed by atoms with Gasteiger partial charge in [0.25, 0.3) is 0 Å². The maximum absolute atomic E-state index is 6.76. The Hall–Kier alpha value is -7.62. The average Bonchev–Trinajstić information content (AvgIpc) is 3.87. The summed E-state index contributed by atoms with van der Waals surface area (Å²) in [6, 6.07) is 75.0. The summed E-state index contributed by atoms with van der Waals surface area (Å²) in [6.45, 7) is 0. The topological polar surface area (TPSA) is 29.5 Å². The molecule has 11 aromatic rings. The van der Waals surface area contributed by atoms with Crippen molar-refractivity contribution >= 4 is 60.9 Å². The van der Waals surface area contributed by atoms with Gasteiger partial charge in [0.1, 0.15) is 22.3 Å². The molecule has 11 rings (SSSR count). The molecule has 0 N–H and O–H groups in total. The summed E-state index contributed by atoms with van der Waals surface area (Å²) >= 11 is 0. The van der Waals surface area contributed by atoms with Crippen molar-refractivity contribution in [2.24, 2.45) is 0 Å². The van der Waals surface area contributed by atoms with Gasteiger partial charge in [-0.2, -0.15) is 0 Å². The summed E-state index contributed by atoms with van der Waals surface area (Å²) in [5.74, 6) is 0. The molecule has 0 atom stereocenters. The lowest BCUT2D eigenvalue weighted by Crippen LogP contribution is -2.09. The molecule has 0 aliphatic rings. The smallest absolute Gasteiger partial charge is 0.143 e. The van der Waals surface area contributed by atoms with Gasteiger partial charge in [0.2, 0.25) is 0 Å². The van der Waals surface area contributed by atoms with Gasteiger partial charge in [-0.05, 0) is 99.6 Å². The van der Waals surface area contributed by atoms with E-state index < -0.39 is 0 Å². The quantitative estimate of drug-likeness (QED) is 0.164. The Balaban J connectivity index is 1.03. The fourth-order valence-electron chi connectivity index (χ4n) is 8.38. The number of furan rings is 2. The molecule has 57 heavy (non-hydrogen) atoms. The van der Waals surface area contributed by atoms with Gasteiger partial charge in [-0.3, -0.25) is 0 Å². The maximum Gasteiger partial charge on any atom is 0.143 e. The first-order chi connectivity index (χ1) is 28.3. The van der Waals surface area contributed by atoms with Gasteiger partial charge in [-0.15, -0.1) is 0 Å². The minimum absolute atomic E-state index is 0.867. The molecule has 0 aliphatic heterocycles. The Morgan fingerprint density at radius 1 is 0.263 bits per heavy atom. The molecule has 3 nitrogen and oxygen atoms in total. The van der Waals surface area contributed by atoms with Crippen molar-refractivity contribution in [2.45, 2.75) is 0 Å². The van der Waals surface area contributed by atoms with E-state index >= 15 is 0 Å². The zero-order valence-corrected chi connectivity index (χ0v) is 31.0. The summed E-state index contributed by atoms with van der Waals surface area (Å²) in [5.41, 5.74) is 15.9. The lowest BCUT2D eigenvalue weighted by atomic mass is 9.92. The second kappa shape index (κ2) is 13.6. The van der Waals surface area contributed by atoms with Crippen molar-refractivity contribution in [3.8, 4) is 44.5 Å².